The van der Waals surface area contributed by atoms with Crippen molar-refractivity contribution in [3.8, 4) is 50.5 Å². The minimum atomic E-state index is -0.447. The number of halogens is 1. The Morgan fingerprint density at radius 1 is 0.553 bits per heavy atom. The number of furan rings is 1. The van der Waals surface area contributed by atoms with Crippen LogP contribution in [0.4, 0.5) is 4.39 Å². The SMILES string of the molecule is Fc1cnc2c(c1)oc1c(-c3nc4ccccc4n3-c3ccc(-c4ccccc4)cc3-c3ccccc3)ccc(-c3ccccc3)c12. The van der Waals surface area contributed by atoms with Crippen LogP contribution in [0.5, 0.6) is 0 Å². The lowest BCUT2D eigenvalue weighted by Gasteiger charge is -2.17. The molecule has 3 aromatic heterocycles. The number of hydrogen-bond donors (Lipinski definition) is 0. The highest BCUT2D eigenvalue weighted by Crippen LogP contribution is 2.43. The molecule has 4 nitrogen and oxygen atoms in total. The van der Waals surface area contributed by atoms with E-state index < -0.39 is 5.82 Å². The van der Waals surface area contributed by atoms with Crippen molar-refractivity contribution in [3.63, 3.8) is 0 Å². The highest BCUT2D eigenvalue weighted by atomic mass is 19.1. The van der Waals surface area contributed by atoms with Gasteiger partial charge in [0.2, 0.25) is 0 Å². The van der Waals surface area contributed by atoms with Crippen LogP contribution in [0.2, 0.25) is 0 Å². The van der Waals surface area contributed by atoms with Gasteiger partial charge in [-0.3, -0.25) is 4.57 Å². The molecule has 222 valence electrons. The Balaban J connectivity index is 1.36. The smallest absolute Gasteiger partial charge is 0.156 e. The zero-order chi connectivity index (χ0) is 31.3. The highest BCUT2D eigenvalue weighted by molar-refractivity contribution is 6.14. The Morgan fingerprint density at radius 2 is 1.19 bits per heavy atom. The van der Waals surface area contributed by atoms with Crippen molar-refractivity contribution in [3.05, 3.63) is 164 Å². The van der Waals surface area contributed by atoms with Crippen molar-refractivity contribution >= 4 is 33.1 Å². The molecule has 0 atom stereocenters. The minimum Gasteiger partial charge on any atom is -0.453 e. The monoisotopic (exact) mass is 607 g/mol. The molecule has 0 fully saturated rings. The lowest BCUT2D eigenvalue weighted by molar-refractivity contribution is 0.613. The third kappa shape index (κ3) is 4.51. The van der Waals surface area contributed by atoms with Gasteiger partial charge < -0.3 is 4.42 Å². The quantitative estimate of drug-likeness (QED) is 0.195. The second-order valence-corrected chi connectivity index (χ2v) is 11.6. The normalized spacial score (nSPS) is 11.5. The second-order valence-electron chi connectivity index (χ2n) is 11.6. The highest BCUT2D eigenvalue weighted by Gasteiger charge is 2.24. The molecule has 6 aromatic carbocycles. The Morgan fingerprint density at radius 3 is 1.94 bits per heavy atom. The van der Waals surface area contributed by atoms with E-state index in [0.29, 0.717) is 16.7 Å². The topological polar surface area (TPSA) is 43.9 Å². The summed E-state index contributed by atoms with van der Waals surface area (Å²) in [6, 6.07) is 51.3. The second kappa shape index (κ2) is 10.9. The molecular weight excluding hydrogens is 581 g/mol. The summed E-state index contributed by atoms with van der Waals surface area (Å²) >= 11 is 0. The molecule has 0 spiro atoms. The summed E-state index contributed by atoms with van der Waals surface area (Å²) in [7, 11) is 0. The van der Waals surface area contributed by atoms with Gasteiger partial charge in [0, 0.05) is 11.6 Å². The van der Waals surface area contributed by atoms with Crippen molar-refractivity contribution in [2.45, 2.75) is 0 Å². The van der Waals surface area contributed by atoms with E-state index in [1.54, 1.807) is 0 Å². The number of nitrogens with zero attached hydrogens (tertiary/aromatic N) is 3. The first-order chi connectivity index (χ1) is 23.2. The van der Waals surface area contributed by atoms with Crippen LogP contribution in [0, 0.1) is 5.82 Å². The first-order valence-electron chi connectivity index (χ1n) is 15.5. The number of fused-ring (bicyclic) bond motifs is 4. The summed E-state index contributed by atoms with van der Waals surface area (Å²) in [5, 5.41) is 0.824. The van der Waals surface area contributed by atoms with Crippen LogP contribution in [0.15, 0.2) is 162 Å². The van der Waals surface area contributed by atoms with Crippen LogP contribution in [0.25, 0.3) is 83.6 Å². The van der Waals surface area contributed by atoms with E-state index in [1.165, 1.54) is 12.3 Å². The minimum absolute atomic E-state index is 0.393. The van der Waals surface area contributed by atoms with Gasteiger partial charge in [0.15, 0.2) is 5.58 Å². The molecule has 47 heavy (non-hydrogen) atoms. The molecule has 0 aliphatic rings. The maximum atomic E-state index is 14.5. The summed E-state index contributed by atoms with van der Waals surface area (Å²) in [6.07, 6.45) is 1.24. The molecule has 0 aliphatic carbocycles. The molecule has 0 saturated heterocycles. The van der Waals surface area contributed by atoms with Crippen LogP contribution in [0.3, 0.4) is 0 Å². The predicted octanol–water partition coefficient (Wildman–Crippen LogP) is 11.1. The van der Waals surface area contributed by atoms with Gasteiger partial charge in [0.05, 0.1) is 33.9 Å². The van der Waals surface area contributed by atoms with E-state index in [-0.39, 0.29) is 0 Å². The average Bonchev–Trinajstić information content (AvgIpc) is 3.71. The Bertz CT molecular complexity index is 2570. The van der Waals surface area contributed by atoms with Crippen LogP contribution in [-0.2, 0) is 0 Å². The van der Waals surface area contributed by atoms with Crippen molar-refractivity contribution in [2.75, 3.05) is 0 Å². The van der Waals surface area contributed by atoms with Crippen LogP contribution in [-0.4, -0.2) is 14.5 Å². The number of aromatic nitrogens is 3. The van der Waals surface area contributed by atoms with Crippen LogP contribution >= 0.6 is 0 Å². The number of rotatable bonds is 5. The standard InChI is InChI=1S/C42H26FN3O/c43-31-25-38-40(44-26-31)39-32(28-14-6-2-7-15-28)21-22-33(41(39)47-38)42-45-35-18-10-11-19-37(35)46(42)36-23-20-30(27-12-4-1-5-13-27)24-34(36)29-16-8-3-9-17-29/h1-26H. The summed E-state index contributed by atoms with van der Waals surface area (Å²) in [5.74, 6) is 0.276. The molecule has 0 unspecified atom stereocenters. The van der Waals surface area contributed by atoms with Gasteiger partial charge in [-0.25, -0.2) is 14.4 Å². The molecule has 0 N–H and O–H groups in total. The molecule has 0 aliphatic heterocycles. The summed E-state index contributed by atoms with van der Waals surface area (Å²) < 4.78 is 23.2. The first kappa shape index (κ1) is 27.0. The lowest BCUT2D eigenvalue weighted by Crippen LogP contribution is -2.01. The van der Waals surface area contributed by atoms with Gasteiger partial charge in [-0.15, -0.1) is 0 Å². The number of para-hydroxylation sites is 2. The number of pyridine rings is 1. The fourth-order valence-electron chi connectivity index (χ4n) is 6.59. The summed E-state index contributed by atoms with van der Waals surface area (Å²) in [5.41, 5.74) is 11.6. The zero-order valence-corrected chi connectivity index (χ0v) is 25.1. The largest absolute Gasteiger partial charge is 0.453 e. The predicted molar refractivity (Wildman–Crippen MR) is 188 cm³/mol. The van der Waals surface area contributed by atoms with Gasteiger partial charge in [-0.2, -0.15) is 0 Å². The molecule has 0 radical (unpaired) electrons. The molecule has 0 bridgehead atoms. The Kier molecular flexibility index (Phi) is 6.28. The maximum Gasteiger partial charge on any atom is 0.156 e. The number of hydrogen-bond acceptors (Lipinski definition) is 3. The molecule has 9 rings (SSSR count). The van der Waals surface area contributed by atoms with E-state index in [9.17, 15) is 4.39 Å². The van der Waals surface area contributed by atoms with Gasteiger partial charge in [0.25, 0.3) is 0 Å². The fourth-order valence-corrected chi connectivity index (χ4v) is 6.59. The average molecular weight is 608 g/mol. The van der Waals surface area contributed by atoms with E-state index in [2.05, 4.69) is 107 Å². The van der Waals surface area contributed by atoms with E-state index in [4.69, 9.17) is 9.40 Å². The molecule has 5 heteroatoms. The van der Waals surface area contributed by atoms with Gasteiger partial charge >= 0.3 is 0 Å². The van der Waals surface area contributed by atoms with Gasteiger partial charge in [0.1, 0.15) is 22.7 Å². The molecule has 9 aromatic rings. The van der Waals surface area contributed by atoms with Crippen molar-refractivity contribution < 1.29 is 8.81 Å². The number of benzene rings is 6. The Hall–Kier alpha value is -6.33. The maximum absolute atomic E-state index is 14.5. The fraction of sp³-hybridized carbons (Fsp3) is 0. The van der Waals surface area contributed by atoms with Crippen molar-refractivity contribution in [1.29, 1.82) is 0 Å². The van der Waals surface area contributed by atoms with E-state index >= 15 is 0 Å². The summed E-state index contributed by atoms with van der Waals surface area (Å²) in [4.78, 5) is 9.73. The van der Waals surface area contributed by atoms with E-state index in [0.717, 1.165) is 66.9 Å². The molecule has 0 saturated carbocycles. The Labute approximate surface area is 270 Å². The van der Waals surface area contributed by atoms with Gasteiger partial charge in [-0.05, 0) is 58.1 Å². The summed E-state index contributed by atoms with van der Waals surface area (Å²) in [6.45, 7) is 0. The van der Waals surface area contributed by atoms with Gasteiger partial charge in [-0.1, -0.05) is 115 Å². The van der Waals surface area contributed by atoms with Crippen LogP contribution < -0.4 is 0 Å². The third-order valence-electron chi connectivity index (χ3n) is 8.74. The lowest BCUT2D eigenvalue weighted by atomic mass is 9.96. The van der Waals surface area contributed by atoms with Crippen molar-refractivity contribution in [2.24, 2.45) is 0 Å². The first-order valence-corrected chi connectivity index (χ1v) is 15.5. The molecule has 0 amide bonds. The van der Waals surface area contributed by atoms with E-state index in [1.807, 2.05) is 48.5 Å². The van der Waals surface area contributed by atoms with Crippen molar-refractivity contribution in [1.82, 2.24) is 14.5 Å². The number of imidazole rings is 1. The third-order valence-corrected chi connectivity index (χ3v) is 8.74. The molecular formula is C42H26FN3O. The zero-order valence-electron chi connectivity index (χ0n) is 25.1. The molecule has 3 heterocycles. The van der Waals surface area contributed by atoms with Crippen LogP contribution in [0.1, 0.15) is 0 Å².